The largest absolute Gasteiger partial charge is 0.508 e. The molecule has 5 aliphatic rings. The number of aliphatic hydroxyl groups is 3. The predicted molar refractivity (Wildman–Crippen MR) is 136 cm³/mol. The van der Waals surface area contributed by atoms with Crippen LogP contribution in [0.2, 0.25) is 0 Å². The van der Waals surface area contributed by atoms with E-state index in [1.165, 1.54) is 6.07 Å². The van der Waals surface area contributed by atoms with E-state index in [9.17, 15) is 34.8 Å². The van der Waals surface area contributed by atoms with Crippen LogP contribution in [0.5, 0.6) is 5.75 Å². The van der Waals surface area contributed by atoms with Crippen LogP contribution in [0.3, 0.4) is 0 Å². The Morgan fingerprint density at radius 1 is 1.00 bits per heavy atom. The van der Waals surface area contributed by atoms with Gasteiger partial charge in [0.1, 0.15) is 22.8 Å². The second-order valence-electron chi connectivity index (χ2n) is 10.7. The monoisotopic (exact) mass is 541 g/mol. The second-order valence-corrected chi connectivity index (χ2v) is 10.7. The van der Waals surface area contributed by atoms with Crippen LogP contribution in [0.15, 0.2) is 29.0 Å². The summed E-state index contributed by atoms with van der Waals surface area (Å²) in [5.41, 5.74) is 3.37. The SMILES string of the molecule is NC(=O)C1=C(O)C2(O)C(=O)C3=C(O)c4c(O)ccc(N5CCOCC5)c4CC3CC2C(N2CCOCC2)C1=O. The quantitative estimate of drug-likeness (QED) is 0.313. The van der Waals surface area contributed by atoms with Crippen LogP contribution < -0.4 is 10.6 Å². The molecule has 0 spiro atoms. The number of nitrogens with zero attached hydrogens (tertiary/aromatic N) is 2. The number of primary amides is 1. The van der Waals surface area contributed by atoms with Crippen LogP contribution in [0, 0.1) is 11.8 Å². The third-order valence-corrected chi connectivity index (χ3v) is 8.81. The first-order valence-electron chi connectivity index (χ1n) is 13.1. The number of carbonyl (C=O) groups is 3. The topological polar surface area (TPSA) is 183 Å². The summed E-state index contributed by atoms with van der Waals surface area (Å²) < 4.78 is 10.9. The minimum atomic E-state index is -2.66. The van der Waals surface area contributed by atoms with Gasteiger partial charge in [-0.3, -0.25) is 19.3 Å². The number of carbonyl (C=O) groups excluding carboxylic acids is 3. The average molecular weight is 542 g/mol. The average Bonchev–Trinajstić information content (AvgIpc) is 2.92. The zero-order chi connectivity index (χ0) is 27.6. The molecule has 208 valence electrons. The minimum Gasteiger partial charge on any atom is -0.508 e. The molecule has 2 saturated heterocycles. The van der Waals surface area contributed by atoms with Crippen molar-refractivity contribution < 1.29 is 44.3 Å². The van der Waals surface area contributed by atoms with Crippen molar-refractivity contribution in [3.05, 3.63) is 40.2 Å². The Kier molecular flexibility index (Phi) is 6.18. The molecule has 1 aromatic rings. The molecule has 6 rings (SSSR count). The van der Waals surface area contributed by atoms with Crippen molar-refractivity contribution >= 4 is 28.9 Å². The highest BCUT2D eigenvalue weighted by atomic mass is 16.5. The summed E-state index contributed by atoms with van der Waals surface area (Å²) in [5, 5.41) is 45.1. The van der Waals surface area contributed by atoms with Crippen LogP contribution in [-0.4, -0.2) is 107 Å². The number of rotatable bonds is 3. The molecule has 6 N–H and O–H groups in total. The number of benzene rings is 1. The number of aliphatic hydroxyl groups excluding tert-OH is 2. The van der Waals surface area contributed by atoms with Crippen LogP contribution in [0.1, 0.15) is 17.5 Å². The Labute approximate surface area is 223 Å². The van der Waals surface area contributed by atoms with Gasteiger partial charge in [-0.15, -0.1) is 0 Å². The molecular formula is C27H31N3O9. The fourth-order valence-corrected chi connectivity index (χ4v) is 7.01. The van der Waals surface area contributed by atoms with Crippen molar-refractivity contribution in [2.75, 3.05) is 57.5 Å². The number of phenolic OH excluding ortho intramolecular Hbond substituents is 1. The summed E-state index contributed by atoms with van der Waals surface area (Å²) in [6, 6.07) is 2.11. The summed E-state index contributed by atoms with van der Waals surface area (Å²) in [7, 11) is 0. The molecule has 1 saturated carbocycles. The van der Waals surface area contributed by atoms with Gasteiger partial charge in [0.25, 0.3) is 5.91 Å². The number of ether oxygens (including phenoxy) is 2. The van der Waals surface area contributed by atoms with Gasteiger partial charge in [0, 0.05) is 43.4 Å². The Balaban J connectivity index is 1.51. The first-order valence-corrected chi connectivity index (χ1v) is 13.1. The van der Waals surface area contributed by atoms with E-state index in [0.29, 0.717) is 58.2 Å². The van der Waals surface area contributed by atoms with E-state index in [-0.39, 0.29) is 29.7 Å². The zero-order valence-corrected chi connectivity index (χ0v) is 21.3. The van der Waals surface area contributed by atoms with Crippen LogP contribution in [0.25, 0.3) is 5.76 Å². The lowest BCUT2D eigenvalue weighted by atomic mass is 9.57. The Hall–Kier alpha value is -3.45. The summed E-state index contributed by atoms with van der Waals surface area (Å²) in [6.45, 7) is 3.55. The molecule has 12 nitrogen and oxygen atoms in total. The van der Waals surface area contributed by atoms with Gasteiger partial charge in [-0.05, 0) is 36.5 Å². The number of morpholine rings is 2. The molecule has 0 aromatic heterocycles. The van der Waals surface area contributed by atoms with E-state index in [1.807, 2.05) is 0 Å². The molecule has 2 aliphatic heterocycles. The fraction of sp³-hybridized carbons (Fsp3) is 0.519. The van der Waals surface area contributed by atoms with Gasteiger partial charge in [0.2, 0.25) is 5.78 Å². The van der Waals surface area contributed by atoms with Gasteiger partial charge in [0.05, 0.1) is 38.0 Å². The van der Waals surface area contributed by atoms with Crippen molar-refractivity contribution in [2.24, 2.45) is 17.6 Å². The molecule has 0 bridgehead atoms. The summed E-state index contributed by atoms with van der Waals surface area (Å²) in [6.07, 6.45) is 0.314. The first-order chi connectivity index (χ1) is 18.7. The highest BCUT2D eigenvalue weighted by molar-refractivity contribution is 6.24. The third-order valence-electron chi connectivity index (χ3n) is 8.81. The highest BCUT2D eigenvalue weighted by Gasteiger charge is 2.64. The predicted octanol–water partition coefficient (Wildman–Crippen LogP) is -0.429. The zero-order valence-electron chi connectivity index (χ0n) is 21.3. The van der Waals surface area contributed by atoms with Gasteiger partial charge >= 0.3 is 0 Å². The maximum atomic E-state index is 14.1. The normalized spacial score (nSPS) is 31.6. The standard InChI is InChI=1S/C27H31N3O9/c28-26(36)20-23(33)21(30-5-9-39-10-6-30)15-12-13-11-14-16(29-3-7-38-8-4-29)1-2-17(31)19(14)22(32)18(13)24(34)27(15,37)25(20)35/h1-2,13,15,21,31-32,35,37H,3-12H2,(H2,28,36). The van der Waals surface area contributed by atoms with Gasteiger partial charge < -0.3 is 40.5 Å². The van der Waals surface area contributed by atoms with Crippen molar-refractivity contribution in [1.82, 2.24) is 4.90 Å². The second kappa shape index (κ2) is 9.33. The van der Waals surface area contributed by atoms with Crippen LogP contribution in [-0.2, 0) is 30.3 Å². The summed E-state index contributed by atoms with van der Waals surface area (Å²) >= 11 is 0. The van der Waals surface area contributed by atoms with Gasteiger partial charge in [-0.1, -0.05) is 0 Å². The Morgan fingerprint density at radius 3 is 2.28 bits per heavy atom. The van der Waals surface area contributed by atoms with Crippen molar-refractivity contribution in [3.63, 3.8) is 0 Å². The third kappa shape index (κ3) is 3.69. The molecule has 0 radical (unpaired) electrons. The maximum absolute atomic E-state index is 14.1. The number of Topliss-reactive ketones (excluding diaryl/α,β-unsaturated/α-hetero) is 2. The van der Waals surface area contributed by atoms with Crippen molar-refractivity contribution in [1.29, 1.82) is 0 Å². The number of amides is 1. The lowest BCUT2D eigenvalue weighted by molar-refractivity contribution is -0.157. The van der Waals surface area contributed by atoms with E-state index in [0.717, 1.165) is 5.69 Å². The minimum absolute atomic E-state index is 0.0587. The van der Waals surface area contributed by atoms with Crippen molar-refractivity contribution in [3.8, 4) is 5.75 Å². The van der Waals surface area contributed by atoms with Gasteiger partial charge in [-0.2, -0.15) is 0 Å². The molecule has 2 heterocycles. The summed E-state index contributed by atoms with van der Waals surface area (Å²) in [4.78, 5) is 43.8. The number of phenols is 1. The van der Waals surface area contributed by atoms with Gasteiger partial charge in [0.15, 0.2) is 11.4 Å². The van der Waals surface area contributed by atoms with E-state index < -0.39 is 58.0 Å². The van der Waals surface area contributed by atoms with Crippen LogP contribution in [0.4, 0.5) is 5.69 Å². The highest BCUT2D eigenvalue weighted by Crippen LogP contribution is 2.53. The molecular weight excluding hydrogens is 510 g/mol. The number of anilines is 1. The summed E-state index contributed by atoms with van der Waals surface area (Å²) in [5.74, 6) is -6.53. The lowest BCUT2D eigenvalue weighted by Gasteiger charge is -2.51. The van der Waals surface area contributed by atoms with E-state index in [4.69, 9.17) is 15.2 Å². The Morgan fingerprint density at radius 2 is 1.64 bits per heavy atom. The van der Waals surface area contributed by atoms with E-state index >= 15 is 0 Å². The first kappa shape index (κ1) is 25.8. The number of hydrogen-bond acceptors (Lipinski definition) is 11. The fourth-order valence-electron chi connectivity index (χ4n) is 7.01. The molecule has 1 amide bonds. The van der Waals surface area contributed by atoms with Gasteiger partial charge in [-0.25, -0.2) is 0 Å². The molecule has 4 unspecified atom stereocenters. The van der Waals surface area contributed by atoms with E-state index in [2.05, 4.69) is 4.90 Å². The molecule has 39 heavy (non-hydrogen) atoms. The molecule has 3 aliphatic carbocycles. The van der Waals surface area contributed by atoms with E-state index in [1.54, 1.807) is 11.0 Å². The molecule has 3 fully saturated rings. The molecule has 12 heteroatoms. The number of fused-ring (bicyclic) bond motifs is 3. The number of ketones is 2. The Bertz CT molecular complexity index is 1330. The van der Waals surface area contributed by atoms with Crippen molar-refractivity contribution in [2.45, 2.75) is 24.5 Å². The lowest BCUT2D eigenvalue weighted by Crippen LogP contribution is -2.67. The van der Waals surface area contributed by atoms with Crippen LogP contribution >= 0.6 is 0 Å². The number of aromatic hydroxyl groups is 1. The smallest absolute Gasteiger partial charge is 0.255 e. The number of nitrogens with two attached hydrogens (primary N) is 1. The molecule has 4 atom stereocenters. The maximum Gasteiger partial charge on any atom is 0.255 e. The molecule has 1 aromatic carbocycles. The number of hydrogen-bond donors (Lipinski definition) is 5.